The molecule has 1 heterocycles. The van der Waals surface area contributed by atoms with E-state index in [9.17, 15) is 9.59 Å². The van der Waals surface area contributed by atoms with E-state index in [-0.39, 0.29) is 36.9 Å². The molecule has 0 radical (unpaired) electrons. The zero-order valence-electron chi connectivity index (χ0n) is 7.58. The first-order valence-electron chi connectivity index (χ1n) is 3.73. The van der Waals surface area contributed by atoms with Crippen LogP contribution in [0.1, 0.15) is 12.1 Å². The van der Waals surface area contributed by atoms with Crippen LogP contribution in [-0.2, 0) is 11.2 Å². The van der Waals surface area contributed by atoms with E-state index in [4.69, 9.17) is 16.7 Å². The largest absolute Gasteiger partial charge is 0.481 e. The zero-order chi connectivity index (χ0) is 10.7. The number of halogens is 1. The maximum Gasteiger partial charge on any atom is 0.303 e. The number of carboxylic acid groups (broad SMARTS) is 1. The van der Waals surface area contributed by atoms with Crippen molar-refractivity contribution in [3.8, 4) is 0 Å². The van der Waals surface area contributed by atoms with Crippen LogP contribution in [0.3, 0.4) is 0 Å². The highest BCUT2D eigenvalue weighted by Gasteiger charge is 2.09. The van der Waals surface area contributed by atoms with Gasteiger partial charge in [-0.15, -0.1) is 22.6 Å². The number of aryl methyl sites for hydroxylation is 1. The third-order valence-electron chi connectivity index (χ3n) is 1.56. The molecule has 84 valence electrons. The van der Waals surface area contributed by atoms with E-state index in [1.54, 1.807) is 0 Å². The molecule has 1 rings (SSSR count). The first-order valence-corrected chi connectivity index (χ1v) is 3.73. The molecule has 0 aliphatic rings. The topological polar surface area (TPSA) is 137 Å². The van der Waals surface area contributed by atoms with Crippen LogP contribution in [0.15, 0.2) is 4.79 Å². The number of aromatic nitrogens is 3. The van der Waals surface area contributed by atoms with Gasteiger partial charge in [0.15, 0.2) is 0 Å². The monoisotopic (exact) mass is 235 g/mol. The van der Waals surface area contributed by atoms with E-state index >= 15 is 0 Å². The molecule has 0 fully saturated rings. The molecule has 15 heavy (non-hydrogen) atoms. The Morgan fingerprint density at radius 3 is 2.60 bits per heavy atom. The highest BCUT2D eigenvalue weighted by Crippen LogP contribution is 1.93. The second kappa shape index (κ2) is 5.15. The lowest BCUT2D eigenvalue weighted by atomic mass is 10.2. The molecule has 0 bridgehead atoms. The molecule has 0 unspecified atom stereocenters. The molecular weight excluding hydrogens is 226 g/mol. The fourth-order valence-corrected chi connectivity index (χ4v) is 0.828. The number of hydrogen-bond acceptors (Lipinski definition) is 6. The molecule has 1 aromatic heterocycles. The van der Waals surface area contributed by atoms with E-state index in [0.29, 0.717) is 4.68 Å². The lowest BCUT2D eigenvalue weighted by Crippen LogP contribution is -2.34. The second-order valence-corrected chi connectivity index (χ2v) is 2.57. The normalized spacial score (nSPS) is 9.33. The molecule has 0 amide bonds. The van der Waals surface area contributed by atoms with Crippen LogP contribution in [0.5, 0.6) is 0 Å². The number of aliphatic carboxylic acids is 1. The van der Waals surface area contributed by atoms with Crippen molar-refractivity contribution in [3.63, 3.8) is 0 Å². The van der Waals surface area contributed by atoms with Crippen molar-refractivity contribution in [2.24, 2.45) is 0 Å². The van der Waals surface area contributed by atoms with E-state index in [0.717, 1.165) is 0 Å². The number of nitrogen functional groups attached to an aromatic ring is 2. The van der Waals surface area contributed by atoms with E-state index in [1.807, 2.05) is 0 Å². The fraction of sp³-hybridized carbons (Fsp3) is 0.333. The molecule has 0 spiro atoms. The molecule has 0 saturated heterocycles. The molecule has 8 nitrogen and oxygen atoms in total. The molecule has 0 aromatic carbocycles. The quantitative estimate of drug-likeness (QED) is 0.535. The fourth-order valence-electron chi connectivity index (χ4n) is 0.828. The van der Waals surface area contributed by atoms with Gasteiger partial charge in [0, 0.05) is 6.42 Å². The van der Waals surface area contributed by atoms with Gasteiger partial charge in [0.2, 0.25) is 5.95 Å². The van der Waals surface area contributed by atoms with Gasteiger partial charge in [0.25, 0.3) is 5.56 Å². The molecule has 0 aliphatic heterocycles. The van der Waals surface area contributed by atoms with Crippen LogP contribution in [0.2, 0.25) is 0 Å². The minimum atomic E-state index is -1.02. The standard InChI is InChI=1S/C6H9N5O3.ClH/c7-6-10-9-3(1-2-4(12)13)5(14)11(6)8;/h1-2,8H2,(H2,7,10)(H,12,13);1H. The van der Waals surface area contributed by atoms with E-state index < -0.39 is 11.5 Å². The number of hydrogen-bond donors (Lipinski definition) is 3. The van der Waals surface area contributed by atoms with Crippen molar-refractivity contribution < 1.29 is 9.90 Å². The predicted octanol–water partition coefficient (Wildman–Crippen LogP) is -1.63. The smallest absolute Gasteiger partial charge is 0.303 e. The van der Waals surface area contributed by atoms with Gasteiger partial charge >= 0.3 is 5.97 Å². The van der Waals surface area contributed by atoms with Crippen LogP contribution >= 0.6 is 12.4 Å². The average molecular weight is 236 g/mol. The molecule has 9 heteroatoms. The Morgan fingerprint density at radius 1 is 1.47 bits per heavy atom. The summed E-state index contributed by atoms with van der Waals surface area (Å²) >= 11 is 0. The summed E-state index contributed by atoms with van der Waals surface area (Å²) in [6, 6.07) is 0. The minimum absolute atomic E-state index is 0. The van der Waals surface area contributed by atoms with Crippen LogP contribution in [0, 0.1) is 0 Å². The summed E-state index contributed by atoms with van der Waals surface area (Å²) in [5.41, 5.74) is 4.56. The third-order valence-corrected chi connectivity index (χ3v) is 1.56. The van der Waals surface area contributed by atoms with Gasteiger partial charge in [-0.25, -0.2) is 0 Å². The summed E-state index contributed by atoms with van der Waals surface area (Å²) in [6.45, 7) is 0. The molecule has 0 aliphatic carbocycles. The Balaban J connectivity index is 0.00000196. The van der Waals surface area contributed by atoms with Crippen LogP contribution < -0.4 is 17.1 Å². The number of carboxylic acids is 1. The summed E-state index contributed by atoms with van der Waals surface area (Å²) < 4.78 is 0.629. The summed E-state index contributed by atoms with van der Waals surface area (Å²) in [6.07, 6.45) is -0.216. The van der Waals surface area contributed by atoms with Crippen molar-refractivity contribution in [3.05, 3.63) is 16.0 Å². The number of nitrogens with two attached hydrogens (primary N) is 2. The Bertz CT molecular complexity index is 418. The summed E-state index contributed by atoms with van der Waals surface area (Å²) in [7, 11) is 0. The Labute approximate surface area is 90.3 Å². The van der Waals surface area contributed by atoms with Gasteiger partial charge in [0.1, 0.15) is 5.69 Å². The Kier molecular flexibility index (Phi) is 4.52. The van der Waals surface area contributed by atoms with Gasteiger partial charge < -0.3 is 16.7 Å². The number of rotatable bonds is 3. The number of nitrogens with zero attached hydrogens (tertiary/aromatic N) is 3. The Morgan fingerprint density at radius 2 is 2.07 bits per heavy atom. The van der Waals surface area contributed by atoms with Gasteiger partial charge in [0.05, 0.1) is 6.42 Å². The summed E-state index contributed by atoms with van der Waals surface area (Å²) in [4.78, 5) is 21.5. The lowest BCUT2D eigenvalue weighted by molar-refractivity contribution is -0.136. The summed E-state index contributed by atoms with van der Waals surface area (Å²) in [5.74, 6) is 3.98. The maximum atomic E-state index is 11.3. The van der Waals surface area contributed by atoms with E-state index in [1.165, 1.54) is 0 Å². The SMILES string of the molecule is Cl.Nc1nnc(CCC(=O)O)c(=O)n1N. The maximum absolute atomic E-state index is 11.3. The Hall–Kier alpha value is -1.83. The van der Waals surface area contributed by atoms with Crippen molar-refractivity contribution >= 4 is 24.3 Å². The average Bonchev–Trinajstić information content (AvgIpc) is 2.13. The molecule has 5 N–H and O–H groups in total. The van der Waals surface area contributed by atoms with Crippen LogP contribution in [0.25, 0.3) is 0 Å². The van der Waals surface area contributed by atoms with Crippen molar-refractivity contribution in [1.82, 2.24) is 14.9 Å². The van der Waals surface area contributed by atoms with Crippen molar-refractivity contribution in [2.75, 3.05) is 11.6 Å². The van der Waals surface area contributed by atoms with Crippen molar-refractivity contribution in [2.45, 2.75) is 12.8 Å². The van der Waals surface area contributed by atoms with Crippen LogP contribution in [-0.4, -0.2) is 25.9 Å². The van der Waals surface area contributed by atoms with E-state index in [2.05, 4.69) is 10.2 Å². The van der Waals surface area contributed by atoms with Gasteiger partial charge in [-0.3, -0.25) is 9.59 Å². The lowest BCUT2D eigenvalue weighted by Gasteiger charge is -2.02. The van der Waals surface area contributed by atoms with Crippen LogP contribution in [0.4, 0.5) is 5.95 Å². The van der Waals surface area contributed by atoms with Gasteiger partial charge in [-0.1, -0.05) is 0 Å². The molecule has 0 saturated carbocycles. The minimum Gasteiger partial charge on any atom is -0.481 e. The zero-order valence-corrected chi connectivity index (χ0v) is 8.40. The highest BCUT2D eigenvalue weighted by atomic mass is 35.5. The second-order valence-electron chi connectivity index (χ2n) is 2.57. The summed E-state index contributed by atoms with van der Waals surface area (Å²) in [5, 5.41) is 15.2. The molecular formula is C6H10ClN5O3. The predicted molar refractivity (Wildman–Crippen MR) is 54.1 cm³/mol. The number of anilines is 1. The van der Waals surface area contributed by atoms with Gasteiger partial charge in [-0.2, -0.15) is 4.68 Å². The third kappa shape index (κ3) is 3.09. The first kappa shape index (κ1) is 13.2. The number of carbonyl (C=O) groups is 1. The van der Waals surface area contributed by atoms with Crippen molar-refractivity contribution in [1.29, 1.82) is 0 Å². The van der Waals surface area contributed by atoms with Gasteiger partial charge in [-0.05, 0) is 0 Å². The molecule has 0 atom stereocenters. The first-order chi connectivity index (χ1) is 6.52. The molecule has 1 aromatic rings. The highest BCUT2D eigenvalue weighted by molar-refractivity contribution is 5.85.